The van der Waals surface area contributed by atoms with Gasteiger partial charge in [-0.25, -0.2) is 9.37 Å². The monoisotopic (exact) mass is 272 g/mol. The standard InChI is InChI=1S/C15H13FN2O2/c16-11-4-3-9(13(19)15-17-5-6-18-15)12-10(8-1-2-8)7-20-14(11)12/h3-8,13,19H,1-2H2,(H,17,18). The number of aliphatic hydroxyl groups excluding tert-OH is 1. The summed E-state index contributed by atoms with van der Waals surface area (Å²) in [6.07, 6.45) is 6.10. The average Bonchev–Trinajstić information content (AvgIpc) is 2.99. The van der Waals surface area contributed by atoms with Crippen molar-refractivity contribution in [3.63, 3.8) is 0 Å². The zero-order valence-electron chi connectivity index (χ0n) is 10.6. The molecule has 1 aromatic carbocycles. The summed E-state index contributed by atoms with van der Waals surface area (Å²) < 4.78 is 19.2. The van der Waals surface area contributed by atoms with Gasteiger partial charge in [-0.05, 0) is 30.4 Å². The third-order valence-corrected chi connectivity index (χ3v) is 3.82. The fourth-order valence-corrected chi connectivity index (χ4v) is 2.66. The van der Waals surface area contributed by atoms with Gasteiger partial charge in [0, 0.05) is 23.3 Å². The molecule has 0 aliphatic heterocycles. The predicted octanol–water partition coefficient (Wildman–Crippen LogP) is 3.25. The Hall–Kier alpha value is -2.14. The number of nitrogens with zero attached hydrogens (tertiary/aromatic N) is 1. The van der Waals surface area contributed by atoms with E-state index in [-0.39, 0.29) is 5.58 Å². The minimum atomic E-state index is -0.914. The molecule has 5 heteroatoms. The number of aliphatic hydroxyl groups is 1. The molecule has 3 aromatic rings. The molecule has 2 N–H and O–H groups in total. The Labute approximate surface area is 114 Å². The molecule has 1 aliphatic rings. The fraction of sp³-hybridized carbons (Fsp3) is 0.267. The number of fused-ring (bicyclic) bond motifs is 1. The molecular weight excluding hydrogens is 259 g/mol. The van der Waals surface area contributed by atoms with Gasteiger partial charge >= 0.3 is 0 Å². The summed E-state index contributed by atoms with van der Waals surface area (Å²) in [5.41, 5.74) is 1.84. The van der Waals surface area contributed by atoms with Crippen LogP contribution >= 0.6 is 0 Å². The van der Waals surface area contributed by atoms with Crippen molar-refractivity contribution in [3.05, 3.63) is 53.6 Å². The van der Waals surface area contributed by atoms with E-state index in [0.717, 1.165) is 18.4 Å². The van der Waals surface area contributed by atoms with Gasteiger partial charge in [-0.15, -0.1) is 0 Å². The van der Waals surface area contributed by atoms with Crippen molar-refractivity contribution >= 4 is 11.0 Å². The molecule has 2 aromatic heterocycles. The molecule has 20 heavy (non-hydrogen) atoms. The molecule has 0 bridgehead atoms. The highest BCUT2D eigenvalue weighted by Crippen LogP contribution is 2.46. The van der Waals surface area contributed by atoms with E-state index < -0.39 is 11.9 Å². The minimum Gasteiger partial charge on any atom is -0.461 e. The van der Waals surface area contributed by atoms with E-state index >= 15 is 0 Å². The maximum absolute atomic E-state index is 13.9. The molecule has 1 unspecified atom stereocenters. The molecule has 0 spiro atoms. The van der Waals surface area contributed by atoms with E-state index in [2.05, 4.69) is 9.97 Å². The summed E-state index contributed by atoms with van der Waals surface area (Å²) in [5.74, 6) is 0.462. The second-order valence-corrected chi connectivity index (χ2v) is 5.18. The van der Waals surface area contributed by atoms with Crippen LogP contribution in [0.15, 0.2) is 35.2 Å². The lowest BCUT2D eigenvalue weighted by Crippen LogP contribution is -2.03. The molecule has 102 valence electrons. The summed E-state index contributed by atoms with van der Waals surface area (Å²) in [5, 5.41) is 11.1. The lowest BCUT2D eigenvalue weighted by molar-refractivity contribution is 0.212. The van der Waals surface area contributed by atoms with E-state index in [0.29, 0.717) is 22.7 Å². The number of hydrogen-bond acceptors (Lipinski definition) is 3. The van der Waals surface area contributed by atoms with Crippen molar-refractivity contribution < 1.29 is 13.9 Å². The Kier molecular flexibility index (Phi) is 2.44. The minimum absolute atomic E-state index is 0.218. The first kappa shape index (κ1) is 11.7. The van der Waals surface area contributed by atoms with Crippen molar-refractivity contribution in [3.8, 4) is 0 Å². The molecule has 4 rings (SSSR count). The lowest BCUT2D eigenvalue weighted by Gasteiger charge is -2.11. The predicted molar refractivity (Wildman–Crippen MR) is 70.8 cm³/mol. The molecular formula is C15H13FN2O2. The lowest BCUT2D eigenvalue weighted by atomic mass is 9.99. The number of rotatable bonds is 3. The number of H-pyrrole nitrogens is 1. The second-order valence-electron chi connectivity index (χ2n) is 5.18. The molecule has 4 nitrogen and oxygen atoms in total. The van der Waals surface area contributed by atoms with Crippen LogP contribution in [0, 0.1) is 5.82 Å². The number of benzene rings is 1. The third-order valence-electron chi connectivity index (χ3n) is 3.82. The van der Waals surface area contributed by atoms with Crippen LogP contribution in [-0.2, 0) is 0 Å². The quantitative estimate of drug-likeness (QED) is 0.769. The number of nitrogens with one attached hydrogen (secondary N) is 1. The largest absolute Gasteiger partial charge is 0.461 e. The topological polar surface area (TPSA) is 62.1 Å². The van der Waals surface area contributed by atoms with Crippen molar-refractivity contribution in [1.29, 1.82) is 0 Å². The molecule has 1 aliphatic carbocycles. The van der Waals surface area contributed by atoms with Crippen molar-refractivity contribution in [2.75, 3.05) is 0 Å². The van der Waals surface area contributed by atoms with Crippen LogP contribution in [0.2, 0.25) is 0 Å². The van der Waals surface area contributed by atoms with Crippen LogP contribution in [0.3, 0.4) is 0 Å². The number of aromatic nitrogens is 2. The van der Waals surface area contributed by atoms with Gasteiger partial charge in [0.2, 0.25) is 0 Å². The van der Waals surface area contributed by atoms with Crippen molar-refractivity contribution in [1.82, 2.24) is 9.97 Å². The number of halogens is 1. The Balaban J connectivity index is 1.94. The highest BCUT2D eigenvalue weighted by molar-refractivity contribution is 5.86. The fourth-order valence-electron chi connectivity index (χ4n) is 2.66. The summed E-state index contributed by atoms with van der Waals surface area (Å²) in [7, 11) is 0. The average molecular weight is 272 g/mol. The van der Waals surface area contributed by atoms with Crippen molar-refractivity contribution in [2.45, 2.75) is 24.9 Å². The normalized spacial score (nSPS) is 16.7. The zero-order chi connectivity index (χ0) is 13.7. The van der Waals surface area contributed by atoms with Gasteiger partial charge in [-0.1, -0.05) is 6.07 Å². The molecule has 0 radical (unpaired) electrons. The molecule has 2 heterocycles. The van der Waals surface area contributed by atoms with Crippen LogP contribution in [0.4, 0.5) is 4.39 Å². The third kappa shape index (κ3) is 1.67. The van der Waals surface area contributed by atoms with Gasteiger partial charge in [0.15, 0.2) is 11.4 Å². The molecule has 0 amide bonds. The maximum Gasteiger partial charge on any atom is 0.170 e. The number of imidazole rings is 1. The zero-order valence-corrected chi connectivity index (χ0v) is 10.6. The van der Waals surface area contributed by atoms with Crippen LogP contribution in [0.5, 0.6) is 0 Å². The molecule has 0 saturated heterocycles. The van der Waals surface area contributed by atoms with Gasteiger partial charge in [0.25, 0.3) is 0 Å². The molecule has 1 saturated carbocycles. The number of aromatic amines is 1. The van der Waals surface area contributed by atoms with Crippen LogP contribution < -0.4 is 0 Å². The molecule has 1 atom stereocenters. The van der Waals surface area contributed by atoms with E-state index in [1.807, 2.05) is 0 Å². The van der Waals surface area contributed by atoms with Crippen molar-refractivity contribution in [2.24, 2.45) is 0 Å². The Bertz CT molecular complexity index is 760. The Morgan fingerprint density at radius 1 is 1.40 bits per heavy atom. The van der Waals surface area contributed by atoms with Gasteiger partial charge < -0.3 is 14.5 Å². The maximum atomic E-state index is 13.9. The summed E-state index contributed by atoms with van der Waals surface area (Å²) >= 11 is 0. The Morgan fingerprint density at radius 3 is 2.95 bits per heavy atom. The smallest absolute Gasteiger partial charge is 0.170 e. The van der Waals surface area contributed by atoms with E-state index in [4.69, 9.17) is 4.42 Å². The number of hydrogen-bond donors (Lipinski definition) is 2. The van der Waals surface area contributed by atoms with Crippen LogP contribution in [0.1, 0.15) is 41.8 Å². The van der Waals surface area contributed by atoms with Crippen LogP contribution in [-0.4, -0.2) is 15.1 Å². The van der Waals surface area contributed by atoms with E-state index in [1.165, 1.54) is 6.07 Å². The van der Waals surface area contributed by atoms with Crippen LogP contribution in [0.25, 0.3) is 11.0 Å². The highest BCUT2D eigenvalue weighted by atomic mass is 19.1. The molecule has 1 fully saturated rings. The Morgan fingerprint density at radius 2 is 2.25 bits per heavy atom. The summed E-state index contributed by atoms with van der Waals surface area (Å²) in [4.78, 5) is 6.95. The van der Waals surface area contributed by atoms with Gasteiger partial charge in [-0.2, -0.15) is 0 Å². The van der Waals surface area contributed by atoms with E-state index in [9.17, 15) is 9.50 Å². The first-order chi connectivity index (χ1) is 9.75. The van der Waals surface area contributed by atoms with E-state index in [1.54, 1.807) is 24.7 Å². The first-order valence-electron chi connectivity index (χ1n) is 6.62. The summed E-state index contributed by atoms with van der Waals surface area (Å²) in [6.45, 7) is 0. The van der Waals surface area contributed by atoms with Gasteiger partial charge in [-0.3, -0.25) is 0 Å². The highest BCUT2D eigenvalue weighted by Gasteiger charge is 2.30. The van der Waals surface area contributed by atoms with Gasteiger partial charge in [0.05, 0.1) is 6.26 Å². The second kappa shape index (κ2) is 4.18. The first-order valence-corrected chi connectivity index (χ1v) is 6.62. The van der Waals surface area contributed by atoms with Gasteiger partial charge in [0.1, 0.15) is 11.9 Å². The summed E-state index contributed by atoms with van der Waals surface area (Å²) in [6, 6.07) is 2.93. The number of furan rings is 1. The SMILES string of the molecule is OC(c1ncc[nH]1)c1ccc(F)c2occ(C3CC3)c12.